The third-order valence-electron chi connectivity index (χ3n) is 3.73. The van der Waals surface area contributed by atoms with Crippen LogP contribution in [0.15, 0.2) is 40.1 Å². The second-order valence-corrected chi connectivity index (χ2v) is 6.49. The zero-order valence-corrected chi connectivity index (χ0v) is 16.1. The van der Waals surface area contributed by atoms with Crippen molar-refractivity contribution < 1.29 is 23.7 Å². The van der Waals surface area contributed by atoms with Gasteiger partial charge in [-0.3, -0.25) is 5.32 Å². The summed E-state index contributed by atoms with van der Waals surface area (Å²) in [5.41, 5.74) is 1.52. The summed E-state index contributed by atoms with van der Waals surface area (Å²) in [6.07, 6.45) is -0.582. The summed E-state index contributed by atoms with van der Waals surface area (Å²) in [4.78, 5) is 20.5. The number of imidazole rings is 1. The molecule has 1 amide bonds. The zero-order chi connectivity index (χ0) is 19.4. The quantitative estimate of drug-likeness (QED) is 0.660. The van der Waals surface area contributed by atoms with E-state index in [1.54, 1.807) is 21.3 Å². The molecule has 142 valence electrons. The molecule has 0 bridgehead atoms. The second kappa shape index (κ2) is 8.09. The number of benzene rings is 2. The van der Waals surface area contributed by atoms with E-state index in [0.717, 1.165) is 20.8 Å². The Balaban J connectivity index is 1.89. The van der Waals surface area contributed by atoms with Crippen molar-refractivity contribution >= 4 is 34.8 Å². The molecular formula is C18H19N3O5S. The molecule has 3 rings (SSSR count). The van der Waals surface area contributed by atoms with E-state index in [1.165, 1.54) is 18.9 Å². The molecule has 0 aliphatic heterocycles. The first-order chi connectivity index (χ1) is 13.1. The van der Waals surface area contributed by atoms with E-state index in [9.17, 15) is 4.79 Å². The number of carbonyl (C=O) groups is 1. The molecule has 0 atom stereocenters. The van der Waals surface area contributed by atoms with E-state index in [1.807, 2.05) is 30.3 Å². The highest BCUT2D eigenvalue weighted by Crippen LogP contribution is 2.42. The molecule has 0 saturated carbocycles. The van der Waals surface area contributed by atoms with Crippen LogP contribution in [-0.2, 0) is 4.74 Å². The molecule has 3 aromatic rings. The molecule has 9 heteroatoms. The van der Waals surface area contributed by atoms with Crippen molar-refractivity contribution in [2.24, 2.45) is 0 Å². The van der Waals surface area contributed by atoms with Crippen molar-refractivity contribution in [3.8, 4) is 17.2 Å². The van der Waals surface area contributed by atoms with Gasteiger partial charge < -0.3 is 23.9 Å². The zero-order valence-electron chi connectivity index (χ0n) is 15.3. The van der Waals surface area contributed by atoms with Crippen LogP contribution >= 0.6 is 11.8 Å². The van der Waals surface area contributed by atoms with Gasteiger partial charge in [0.1, 0.15) is 0 Å². The summed E-state index contributed by atoms with van der Waals surface area (Å²) in [6, 6.07) is 9.52. The molecule has 2 N–H and O–H groups in total. The Bertz CT molecular complexity index is 948. The number of nitrogens with one attached hydrogen (secondary N) is 2. The van der Waals surface area contributed by atoms with E-state index in [0.29, 0.717) is 23.2 Å². The summed E-state index contributed by atoms with van der Waals surface area (Å²) < 4.78 is 20.7. The molecular weight excluding hydrogens is 370 g/mol. The van der Waals surface area contributed by atoms with Gasteiger partial charge in [0.25, 0.3) is 0 Å². The smallest absolute Gasteiger partial charge is 0.413 e. The lowest BCUT2D eigenvalue weighted by atomic mass is 10.3. The third-order valence-corrected chi connectivity index (χ3v) is 4.69. The van der Waals surface area contributed by atoms with Crippen molar-refractivity contribution in [2.45, 2.75) is 9.79 Å². The van der Waals surface area contributed by atoms with Gasteiger partial charge in [-0.2, -0.15) is 0 Å². The Morgan fingerprint density at radius 2 is 1.70 bits per heavy atom. The number of nitrogens with zero attached hydrogens (tertiary/aromatic N) is 1. The number of hydrogen-bond donors (Lipinski definition) is 2. The number of anilines is 1. The van der Waals surface area contributed by atoms with Crippen LogP contribution in [0.1, 0.15) is 0 Å². The van der Waals surface area contributed by atoms with Crippen molar-refractivity contribution in [3.05, 3.63) is 30.3 Å². The number of carbonyl (C=O) groups excluding carboxylic acids is 1. The first kappa shape index (κ1) is 18.7. The van der Waals surface area contributed by atoms with Gasteiger partial charge in [0.15, 0.2) is 11.5 Å². The maximum Gasteiger partial charge on any atom is 0.413 e. The molecule has 0 aliphatic carbocycles. The van der Waals surface area contributed by atoms with Gasteiger partial charge in [0.2, 0.25) is 11.7 Å². The highest BCUT2D eigenvalue weighted by Gasteiger charge is 2.14. The molecule has 1 heterocycles. The third kappa shape index (κ3) is 4.03. The second-order valence-electron chi connectivity index (χ2n) is 5.34. The van der Waals surface area contributed by atoms with Crippen LogP contribution in [0.25, 0.3) is 11.0 Å². The summed E-state index contributed by atoms with van der Waals surface area (Å²) >= 11 is 1.53. The maximum absolute atomic E-state index is 11.3. The number of amides is 1. The van der Waals surface area contributed by atoms with Crippen molar-refractivity contribution in [1.29, 1.82) is 0 Å². The van der Waals surface area contributed by atoms with Gasteiger partial charge in [-0.15, -0.1) is 0 Å². The number of fused-ring (bicyclic) bond motifs is 1. The Hall–Kier alpha value is -3.07. The van der Waals surface area contributed by atoms with Crippen LogP contribution < -0.4 is 19.5 Å². The van der Waals surface area contributed by atoms with Crippen LogP contribution in [-0.4, -0.2) is 44.5 Å². The van der Waals surface area contributed by atoms with E-state index in [4.69, 9.17) is 14.2 Å². The van der Waals surface area contributed by atoms with Crippen molar-refractivity contribution in [1.82, 2.24) is 9.97 Å². The Kier molecular flexibility index (Phi) is 5.60. The molecule has 0 saturated heterocycles. The SMILES string of the molecule is COC(=O)Nc1nc2ccc(Sc3cc(OC)c(OC)c(OC)c3)cc2[nH]1. The normalized spacial score (nSPS) is 10.5. The van der Waals surface area contributed by atoms with E-state index < -0.39 is 6.09 Å². The molecule has 27 heavy (non-hydrogen) atoms. The highest BCUT2D eigenvalue weighted by molar-refractivity contribution is 7.99. The van der Waals surface area contributed by atoms with Crippen LogP contribution in [0.5, 0.6) is 17.2 Å². The molecule has 0 radical (unpaired) electrons. The molecule has 2 aromatic carbocycles. The van der Waals surface area contributed by atoms with Gasteiger partial charge >= 0.3 is 6.09 Å². The molecule has 0 unspecified atom stereocenters. The predicted octanol–water partition coefficient (Wildman–Crippen LogP) is 3.92. The number of aromatic nitrogens is 2. The van der Waals surface area contributed by atoms with Gasteiger partial charge in [-0.05, 0) is 30.3 Å². The number of ether oxygens (including phenoxy) is 4. The standard InChI is InChI=1S/C18H19N3O5S/c1-23-14-8-11(9-15(24-2)16(14)25-3)27-10-5-6-12-13(7-10)20-17(19-12)21-18(22)26-4/h5-9H,1-4H3,(H2,19,20,21,22). The molecule has 0 spiro atoms. The van der Waals surface area contributed by atoms with Gasteiger partial charge in [0, 0.05) is 9.79 Å². The fourth-order valence-electron chi connectivity index (χ4n) is 2.51. The number of methoxy groups -OCH3 is 4. The molecule has 0 aliphatic rings. The fraction of sp³-hybridized carbons (Fsp3) is 0.222. The first-order valence-electron chi connectivity index (χ1n) is 7.90. The van der Waals surface area contributed by atoms with Gasteiger partial charge in [-0.25, -0.2) is 9.78 Å². The van der Waals surface area contributed by atoms with Crippen LogP contribution in [0.3, 0.4) is 0 Å². The number of aromatic amines is 1. The van der Waals surface area contributed by atoms with E-state index >= 15 is 0 Å². The van der Waals surface area contributed by atoms with Crippen molar-refractivity contribution in [2.75, 3.05) is 33.8 Å². The number of H-pyrrole nitrogens is 1. The average Bonchev–Trinajstić information content (AvgIpc) is 3.08. The number of hydrogen-bond acceptors (Lipinski definition) is 7. The Morgan fingerprint density at radius 1 is 1.00 bits per heavy atom. The van der Waals surface area contributed by atoms with Gasteiger partial charge in [0.05, 0.1) is 39.5 Å². The molecule has 1 aromatic heterocycles. The summed E-state index contributed by atoms with van der Waals surface area (Å²) in [5, 5.41) is 2.51. The minimum atomic E-state index is -0.582. The van der Waals surface area contributed by atoms with Crippen molar-refractivity contribution in [3.63, 3.8) is 0 Å². The van der Waals surface area contributed by atoms with E-state index in [2.05, 4.69) is 20.0 Å². The lowest BCUT2D eigenvalue weighted by Crippen LogP contribution is -2.11. The van der Waals surface area contributed by atoms with Crippen LogP contribution in [0, 0.1) is 0 Å². The molecule has 8 nitrogen and oxygen atoms in total. The Morgan fingerprint density at radius 3 is 2.30 bits per heavy atom. The van der Waals surface area contributed by atoms with Crippen LogP contribution in [0.2, 0.25) is 0 Å². The van der Waals surface area contributed by atoms with Crippen LogP contribution in [0.4, 0.5) is 10.7 Å². The minimum Gasteiger partial charge on any atom is -0.493 e. The number of rotatable bonds is 6. The fourth-order valence-corrected chi connectivity index (χ4v) is 3.43. The van der Waals surface area contributed by atoms with Gasteiger partial charge in [-0.1, -0.05) is 11.8 Å². The lowest BCUT2D eigenvalue weighted by molar-refractivity contribution is 0.186. The molecule has 0 fully saturated rings. The average molecular weight is 389 g/mol. The highest BCUT2D eigenvalue weighted by atomic mass is 32.2. The topological polar surface area (TPSA) is 94.7 Å². The monoisotopic (exact) mass is 389 g/mol. The Labute approximate surface area is 160 Å². The summed E-state index contributed by atoms with van der Waals surface area (Å²) in [7, 11) is 6.03. The lowest BCUT2D eigenvalue weighted by Gasteiger charge is -2.13. The minimum absolute atomic E-state index is 0.326. The predicted molar refractivity (Wildman–Crippen MR) is 102 cm³/mol. The summed E-state index contributed by atoms with van der Waals surface area (Å²) in [6.45, 7) is 0. The maximum atomic E-state index is 11.3. The summed E-state index contributed by atoms with van der Waals surface area (Å²) in [5.74, 6) is 2.05. The largest absolute Gasteiger partial charge is 0.493 e. The van der Waals surface area contributed by atoms with E-state index in [-0.39, 0.29) is 0 Å². The first-order valence-corrected chi connectivity index (χ1v) is 8.72.